The second-order valence-corrected chi connectivity index (χ2v) is 5.35. The number of urea groups is 1. The normalized spacial score (nSPS) is 23.2. The Bertz CT molecular complexity index is 518. The number of para-hydroxylation sites is 1. The highest BCUT2D eigenvalue weighted by atomic mass is 16.6. The quantitative estimate of drug-likeness (QED) is 0.914. The van der Waals surface area contributed by atoms with Crippen LogP contribution in [-0.2, 0) is 0 Å². The molecule has 1 aromatic rings. The average Bonchev–Trinajstić information content (AvgIpc) is 3.23. The maximum absolute atomic E-state index is 11.3. The number of benzene rings is 1. The molecule has 2 N–H and O–H groups in total. The van der Waals surface area contributed by atoms with Crippen molar-refractivity contribution in [2.24, 2.45) is 11.7 Å². The molecule has 1 aromatic carbocycles. The molecule has 2 aliphatic rings. The second kappa shape index (κ2) is 5.23. The predicted octanol–water partition coefficient (Wildman–Crippen LogP) is 1.96. The number of nitrogens with two attached hydrogens (primary N) is 1. The molecule has 1 aliphatic carbocycles. The monoisotopic (exact) mass is 276 g/mol. The van der Waals surface area contributed by atoms with Crippen LogP contribution in [0.3, 0.4) is 0 Å². The van der Waals surface area contributed by atoms with E-state index in [9.17, 15) is 4.79 Å². The Kier molecular flexibility index (Phi) is 3.42. The lowest BCUT2D eigenvalue weighted by molar-refractivity contribution is 0.169. The lowest BCUT2D eigenvalue weighted by Crippen LogP contribution is -2.37. The van der Waals surface area contributed by atoms with Crippen molar-refractivity contribution in [1.82, 2.24) is 4.90 Å². The van der Waals surface area contributed by atoms with Crippen molar-refractivity contribution >= 4 is 6.03 Å². The smallest absolute Gasteiger partial charge is 0.314 e. The third kappa shape index (κ3) is 2.40. The van der Waals surface area contributed by atoms with E-state index in [2.05, 4.69) is 6.07 Å². The van der Waals surface area contributed by atoms with E-state index in [1.807, 2.05) is 19.1 Å². The highest BCUT2D eigenvalue weighted by Crippen LogP contribution is 2.52. The van der Waals surface area contributed by atoms with Crippen LogP contribution < -0.4 is 15.2 Å². The zero-order valence-electron chi connectivity index (χ0n) is 11.7. The van der Waals surface area contributed by atoms with E-state index < -0.39 is 0 Å². The van der Waals surface area contributed by atoms with Crippen molar-refractivity contribution in [3.63, 3.8) is 0 Å². The highest BCUT2D eigenvalue weighted by Gasteiger charge is 2.42. The number of fused-ring (bicyclic) bond motifs is 1. The Morgan fingerprint density at radius 3 is 2.95 bits per heavy atom. The number of primary amides is 1. The van der Waals surface area contributed by atoms with Gasteiger partial charge in [-0.1, -0.05) is 12.1 Å². The first kappa shape index (κ1) is 13.1. The van der Waals surface area contributed by atoms with E-state index in [0.29, 0.717) is 31.6 Å². The number of hydrogen-bond acceptors (Lipinski definition) is 3. The maximum atomic E-state index is 11.3. The van der Waals surface area contributed by atoms with Gasteiger partial charge in [-0.3, -0.25) is 0 Å². The van der Waals surface area contributed by atoms with Crippen molar-refractivity contribution in [3.8, 4) is 11.5 Å². The summed E-state index contributed by atoms with van der Waals surface area (Å²) in [5, 5.41) is 0. The molecular weight excluding hydrogens is 256 g/mol. The molecule has 2 amide bonds. The highest BCUT2D eigenvalue weighted by molar-refractivity contribution is 5.72. The van der Waals surface area contributed by atoms with Crippen LogP contribution in [0.4, 0.5) is 4.79 Å². The van der Waals surface area contributed by atoms with Gasteiger partial charge in [-0.15, -0.1) is 0 Å². The SMILES string of the molecule is CCN(CC1CC1c1cccc2c1OCCO2)C(N)=O. The molecule has 5 heteroatoms. The molecule has 2 atom stereocenters. The Labute approximate surface area is 118 Å². The van der Waals surface area contributed by atoms with Crippen molar-refractivity contribution in [3.05, 3.63) is 23.8 Å². The molecular formula is C15H20N2O3. The molecule has 0 radical (unpaired) electrons. The Morgan fingerprint density at radius 2 is 2.20 bits per heavy atom. The standard InChI is InChI=1S/C15H20N2O3/c1-2-17(15(16)18)9-10-8-12(10)11-4-3-5-13-14(11)20-7-6-19-13/h3-5,10,12H,2,6-9H2,1H3,(H2,16,18). The first-order chi connectivity index (χ1) is 9.70. The fourth-order valence-electron chi connectivity index (χ4n) is 2.88. The summed E-state index contributed by atoms with van der Waals surface area (Å²) >= 11 is 0. The van der Waals surface area contributed by atoms with Crippen LogP contribution in [0.15, 0.2) is 18.2 Å². The van der Waals surface area contributed by atoms with Gasteiger partial charge in [0.25, 0.3) is 0 Å². The van der Waals surface area contributed by atoms with Crippen LogP contribution >= 0.6 is 0 Å². The number of nitrogens with zero attached hydrogens (tertiary/aromatic N) is 1. The Balaban J connectivity index is 1.72. The Hall–Kier alpha value is -1.91. The van der Waals surface area contributed by atoms with Crippen LogP contribution in [0.5, 0.6) is 11.5 Å². The van der Waals surface area contributed by atoms with Gasteiger partial charge in [0, 0.05) is 18.7 Å². The molecule has 0 spiro atoms. The van der Waals surface area contributed by atoms with Gasteiger partial charge >= 0.3 is 6.03 Å². The lowest BCUT2D eigenvalue weighted by atomic mass is 10.1. The molecule has 5 nitrogen and oxygen atoms in total. The van der Waals surface area contributed by atoms with Crippen LogP contribution in [0.2, 0.25) is 0 Å². The van der Waals surface area contributed by atoms with Gasteiger partial charge in [0.05, 0.1) is 0 Å². The van der Waals surface area contributed by atoms with Gasteiger partial charge in [0.2, 0.25) is 0 Å². The molecule has 2 unspecified atom stereocenters. The minimum absolute atomic E-state index is 0.340. The van der Waals surface area contributed by atoms with E-state index in [-0.39, 0.29) is 6.03 Å². The summed E-state index contributed by atoms with van der Waals surface area (Å²) in [4.78, 5) is 13.0. The largest absolute Gasteiger partial charge is 0.486 e. The minimum atomic E-state index is -0.340. The van der Waals surface area contributed by atoms with Gasteiger partial charge in [0.15, 0.2) is 11.5 Å². The number of hydrogen-bond donors (Lipinski definition) is 1. The summed E-state index contributed by atoms with van der Waals surface area (Å²) in [5.74, 6) is 2.63. The molecule has 108 valence electrons. The first-order valence-corrected chi connectivity index (χ1v) is 7.13. The predicted molar refractivity (Wildman–Crippen MR) is 75.1 cm³/mol. The molecule has 0 saturated heterocycles. The third-order valence-corrected chi connectivity index (χ3v) is 4.07. The number of ether oxygens (including phenoxy) is 2. The van der Waals surface area contributed by atoms with E-state index >= 15 is 0 Å². The van der Waals surface area contributed by atoms with Crippen LogP contribution in [-0.4, -0.2) is 37.2 Å². The van der Waals surface area contributed by atoms with Gasteiger partial charge in [-0.25, -0.2) is 4.79 Å². The maximum Gasteiger partial charge on any atom is 0.314 e. The fourth-order valence-corrected chi connectivity index (χ4v) is 2.88. The summed E-state index contributed by atoms with van der Waals surface area (Å²) in [6.45, 7) is 4.54. The van der Waals surface area contributed by atoms with E-state index in [4.69, 9.17) is 15.2 Å². The van der Waals surface area contributed by atoms with Crippen LogP contribution in [0, 0.1) is 5.92 Å². The van der Waals surface area contributed by atoms with E-state index in [1.54, 1.807) is 4.90 Å². The zero-order chi connectivity index (χ0) is 14.1. The molecule has 1 saturated carbocycles. The fraction of sp³-hybridized carbons (Fsp3) is 0.533. The second-order valence-electron chi connectivity index (χ2n) is 5.35. The first-order valence-electron chi connectivity index (χ1n) is 7.13. The van der Waals surface area contributed by atoms with Gasteiger partial charge in [-0.2, -0.15) is 0 Å². The zero-order valence-corrected chi connectivity index (χ0v) is 11.7. The summed E-state index contributed by atoms with van der Waals surface area (Å²) in [6, 6.07) is 5.70. The average molecular weight is 276 g/mol. The van der Waals surface area contributed by atoms with Crippen molar-refractivity contribution in [2.45, 2.75) is 19.3 Å². The molecule has 0 bridgehead atoms. The van der Waals surface area contributed by atoms with Gasteiger partial charge in [0.1, 0.15) is 13.2 Å². The summed E-state index contributed by atoms with van der Waals surface area (Å²) in [5.41, 5.74) is 6.56. The number of rotatable bonds is 4. The molecule has 1 aliphatic heterocycles. The number of amides is 2. The Morgan fingerprint density at radius 1 is 1.40 bits per heavy atom. The molecule has 20 heavy (non-hydrogen) atoms. The third-order valence-electron chi connectivity index (χ3n) is 4.07. The minimum Gasteiger partial charge on any atom is -0.486 e. The summed E-state index contributed by atoms with van der Waals surface area (Å²) in [7, 11) is 0. The molecule has 1 heterocycles. The number of carbonyl (C=O) groups is 1. The van der Waals surface area contributed by atoms with Crippen molar-refractivity contribution in [2.75, 3.05) is 26.3 Å². The van der Waals surface area contributed by atoms with E-state index in [1.165, 1.54) is 5.56 Å². The molecule has 1 fully saturated rings. The van der Waals surface area contributed by atoms with Gasteiger partial charge in [-0.05, 0) is 31.2 Å². The van der Waals surface area contributed by atoms with Gasteiger partial charge < -0.3 is 20.1 Å². The number of carbonyl (C=O) groups excluding carboxylic acids is 1. The topological polar surface area (TPSA) is 64.8 Å². The van der Waals surface area contributed by atoms with Crippen LogP contribution in [0.1, 0.15) is 24.8 Å². The summed E-state index contributed by atoms with van der Waals surface area (Å²) in [6.07, 6.45) is 1.07. The summed E-state index contributed by atoms with van der Waals surface area (Å²) < 4.78 is 11.4. The lowest BCUT2D eigenvalue weighted by Gasteiger charge is -2.22. The van der Waals surface area contributed by atoms with Crippen molar-refractivity contribution < 1.29 is 14.3 Å². The van der Waals surface area contributed by atoms with Crippen LogP contribution in [0.25, 0.3) is 0 Å². The molecule has 0 aromatic heterocycles. The van der Waals surface area contributed by atoms with E-state index in [0.717, 1.165) is 24.5 Å². The molecule has 3 rings (SSSR count). The van der Waals surface area contributed by atoms with Crippen molar-refractivity contribution in [1.29, 1.82) is 0 Å².